The van der Waals surface area contributed by atoms with Crippen molar-refractivity contribution in [1.82, 2.24) is 19.7 Å². The molecule has 4 rings (SSSR count). The fraction of sp³-hybridized carbons (Fsp3) is 0.526. The summed E-state index contributed by atoms with van der Waals surface area (Å²) in [5, 5.41) is 21.3. The molecule has 156 valence electrons. The Kier molecular flexibility index (Phi) is 4.97. The Bertz CT molecular complexity index is 975. The second-order valence-corrected chi connectivity index (χ2v) is 7.60. The van der Waals surface area contributed by atoms with Crippen LogP contribution in [0.15, 0.2) is 23.0 Å². The van der Waals surface area contributed by atoms with Crippen molar-refractivity contribution in [3.05, 3.63) is 34.1 Å². The Labute approximate surface area is 165 Å². The van der Waals surface area contributed by atoms with Gasteiger partial charge >= 0.3 is 6.18 Å². The molecule has 7 nitrogen and oxygen atoms in total. The SMILES string of the molecule is Cn1c(-c2ccc(C(F)(F)F)cc2O)nnc(NC2CCCN3CCCC23)c1=O. The molecule has 0 spiro atoms. The average molecular weight is 409 g/mol. The minimum atomic E-state index is -4.57. The van der Waals surface area contributed by atoms with Gasteiger partial charge in [0.25, 0.3) is 5.56 Å². The van der Waals surface area contributed by atoms with Crippen molar-refractivity contribution in [2.75, 3.05) is 18.4 Å². The number of halogens is 3. The zero-order valence-electron chi connectivity index (χ0n) is 15.9. The van der Waals surface area contributed by atoms with Crippen molar-refractivity contribution in [3.8, 4) is 17.1 Å². The summed E-state index contributed by atoms with van der Waals surface area (Å²) < 4.78 is 39.6. The van der Waals surface area contributed by atoms with E-state index in [0.717, 1.165) is 50.9 Å². The molecular weight excluding hydrogens is 387 g/mol. The number of fused-ring (bicyclic) bond motifs is 1. The van der Waals surface area contributed by atoms with Crippen LogP contribution in [-0.2, 0) is 13.2 Å². The summed E-state index contributed by atoms with van der Waals surface area (Å²) in [6, 6.07) is 3.02. The maximum atomic E-state index is 12.8. The first kappa shape index (κ1) is 19.7. The lowest BCUT2D eigenvalue weighted by Crippen LogP contribution is -2.48. The van der Waals surface area contributed by atoms with Gasteiger partial charge in [-0.05, 0) is 57.0 Å². The highest BCUT2D eigenvalue weighted by atomic mass is 19.4. The van der Waals surface area contributed by atoms with E-state index in [0.29, 0.717) is 12.1 Å². The normalized spacial score (nSPS) is 22.5. The number of nitrogens with one attached hydrogen (secondary N) is 1. The molecule has 1 aromatic heterocycles. The van der Waals surface area contributed by atoms with Crippen LogP contribution in [0.5, 0.6) is 5.75 Å². The number of rotatable bonds is 3. The Morgan fingerprint density at radius 3 is 2.59 bits per heavy atom. The van der Waals surface area contributed by atoms with Gasteiger partial charge in [-0.2, -0.15) is 13.2 Å². The molecule has 0 aliphatic carbocycles. The van der Waals surface area contributed by atoms with E-state index in [9.17, 15) is 23.1 Å². The molecular formula is C19H22F3N5O2. The number of phenolic OH excluding ortho intramolecular Hbond substituents is 1. The third kappa shape index (κ3) is 3.68. The molecule has 2 saturated heterocycles. The third-order valence-corrected chi connectivity index (χ3v) is 5.80. The zero-order valence-corrected chi connectivity index (χ0v) is 15.9. The van der Waals surface area contributed by atoms with Gasteiger partial charge in [-0.1, -0.05) is 0 Å². The standard InChI is InChI=1S/C19H22F3N5O2/c1-26-17(12-7-6-11(10-15(12)28)19(20,21)22)25-24-16(18(26)29)23-13-4-2-8-27-9-3-5-14(13)27/h6-7,10,13-14,28H,2-5,8-9H2,1H3,(H,23,24). The van der Waals surface area contributed by atoms with Crippen molar-refractivity contribution < 1.29 is 18.3 Å². The largest absolute Gasteiger partial charge is 0.507 e. The van der Waals surface area contributed by atoms with E-state index >= 15 is 0 Å². The van der Waals surface area contributed by atoms with Gasteiger partial charge in [0, 0.05) is 19.1 Å². The maximum Gasteiger partial charge on any atom is 0.416 e. The van der Waals surface area contributed by atoms with Crippen LogP contribution in [-0.4, -0.2) is 49.9 Å². The number of anilines is 1. The first-order valence-electron chi connectivity index (χ1n) is 9.60. The van der Waals surface area contributed by atoms with Crippen molar-refractivity contribution >= 4 is 5.82 Å². The van der Waals surface area contributed by atoms with Crippen LogP contribution >= 0.6 is 0 Å². The molecule has 2 fully saturated rings. The molecule has 2 unspecified atom stereocenters. The monoisotopic (exact) mass is 409 g/mol. The molecule has 0 radical (unpaired) electrons. The highest BCUT2D eigenvalue weighted by Gasteiger charge is 2.35. The summed E-state index contributed by atoms with van der Waals surface area (Å²) in [5.41, 5.74) is -1.41. The smallest absolute Gasteiger partial charge is 0.416 e. The number of phenols is 1. The third-order valence-electron chi connectivity index (χ3n) is 5.80. The lowest BCUT2D eigenvalue weighted by atomic mass is 9.96. The maximum absolute atomic E-state index is 12.8. The van der Waals surface area contributed by atoms with Gasteiger partial charge in [-0.25, -0.2) is 0 Å². The van der Waals surface area contributed by atoms with Gasteiger partial charge in [0.05, 0.1) is 11.1 Å². The first-order valence-corrected chi connectivity index (χ1v) is 9.60. The van der Waals surface area contributed by atoms with E-state index in [1.807, 2.05) is 0 Å². The Balaban J connectivity index is 1.62. The summed E-state index contributed by atoms with van der Waals surface area (Å²) in [6.45, 7) is 2.14. The predicted octanol–water partition coefficient (Wildman–Crippen LogP) is 2.61. The number of hydrogen-bond donors (Lipinski definition) is 2. The summed E-state index contributed by atoms with van der Waals surface area (Å²) in [5.74, 6) is -0.502. The quantitative estimate of drug-likeness (QED) is 0.811. The lowest BCUT2D eigenvalue weighted by Gasteiger charge is -2.37. The topological polar surface area (TPSA) is 83.3 Å². The van der Waals surface area contributed by atoms with Gasteiger partial charge in [-0.15, -0.1) is 10.2 Å². The van der Waals surface area contributed by atoms with E-state index < -0.39 is 23.0 Å². The number of benzene rings is 1. The van der Waals surface area contributed by atoms with Gasteiger partial charge in [0.1, 0.15) is 5.75 Å². The Hall–Kier alpha value is -2.62. The number of aromatic hydroxyl groups is 1. The predicted molar refractivity (Wildman–Crippen MR) is 101 cm³/mol. The molecule has 2 aliphatic heterocycles. The van der Waals surface area contributed by atoms with Crippen LogP contribution in [0.4, 0.5) is 19.0 Å². The molecule has 10 heteroatoms. The lowest BCUT2D eigenvalue weighted by molar-refractivity contribution is -0.137. The molecule has 2 N–H and O–H groups in total. The fourth-order valence-electron chi connectivity index (χ4n) is 4.32. The number of nitrogens with zero attached hydrogens (tertiary/aromatic N) is 4. The number of aromatic nitrogens is 3. The van der Waals surface area contributed by atoms with Gasteiger partial charge in [0.15, 0.2) is 5.82 Å². The number of piperidine rings is 1. The van der Waals surface area contributed by atoms with E-state index in [2.05, 4.69) is 20.4 Å². The number of hydrogen-bond acceptors (Lipinski definition) is 6. The molecule has 0 bridgehead atoms. The van der Waals surface area contributed by atoms with E-state index in [1.165, 1.54) is 11.6 Å². The highest BCUT2D eigenvalue weighted by Crippen LogP contribution is 2.35. The molecule has 2 atom stereocenters. The molecule has 0 amide bonds. The summed E-state index contributed by atoms with van der Waals surface area (Å²) in [6.07, 6.45) is -0.385. The molecule has 1 aromatic carbocycles. The van der Waals surface area contributed by atoms with Gasteiger partial charge < -0.3 is 10.4 Å². The van der Waals surface area contributed by atoms with Crippen LogP contribution in [0.25, 0.3) is 11.4 Å². The van der Waals surface area contributed by atoms with Crippen LogP contribution in [0.1, 0.15) is 31.2 Å². The summed E-state index contributed by atoms with van der Waals surface area (Å²) >= 11 is 0. The average Bonchev–Trinajstić information content (AvgIpc) is 3.15. The van der Waals surface area contributed by atoms with Gasteiger partial charge in [0.2, 0.25) is 5.82 Å². The van der Waals surface area contributed by atoms with Crippen LogP contribution in [0, 0.1) is 0 Å². The molecule has 0 saturated carbocycles. The van der Waals surface area contributed by atoms with E-state index in [1.54, 1.807) is 0 Å². The Morgan fingerprint density at radius 1 is 1.17 bits per heavy atom. The van der Waals surface area contributed by atoms with Crippen molar-refractivity contribution in [3.63, 3.8) is 0 Å². The van der Waals surface area contributed by atoms with Crippen molar-refractivity contribution in [1.29, 1.82) is 0 Å². The van der Waals surface area contributed by atoms with E-state index in [4.69, 9.17) is 0 Å². The molecule has 3 heterocycles. The zero-order chi connectivity index (χ0) is 20.8. The Morgan fingerprint density at radius 2 is 1.90 bits per heavy atom. The van der Waals surface area contributed by atoms with Crippen LogP contribution in [0.2, 0.25) is 0 Å². The first-order chi connectivity index (χ1) is 13.8. The fourth-order valence-corrected chi connectivity index (χ4v) is 4.32. The summed E-state index contributed by atoms with van der Waals surface area (Å²) in [7, 11) is 1.46. The second-order valence-electron chi connectivity index (χ2n) is 7.60. The molecule has 29 heavy (non-hydrogen) atoms. The van der Waals surface area contributed by atoms with Crippen molar-refractivity contribution in [2.24, 2.45) is 7.05 Å². The summed E-state index contributed by atoms with van der Waals surface area (Å²) in [4.78, 5) is 15.2. The number of alkyl halides is 3. The minimum Gasteiger partial charge on any atom is -0.507 e. The second kappa shape index (κ2) is 7.33. The van der Waals surface area contributed by atoms with Crippen molar-refractivity contribution in [2.45, 2.75) is 43.9 Å². The molecule has 2 aromatic rings. The molecule has 2 aliphatic rings. The highest BCUT2D eigenvalue weighted by molar-refractivity contribution is 5.65. The van der Waals surface area contributed by atoms with E-state index in [-0.39, 0.29) is 23.2 Å². The van der Waals surface area contributed by atoms with Crippen LogP contribution < -0.4 is 10.9 Å². The van der Waals surface area contributed by atoms with Crippen LogP contribution in [0.3, 0.4) is 0 Å². The minimum absolute atomic E-state index is 0.00193. The van der Waals surface area contributed by atoms with Gasteiger partial charge in [-0.3, -0.25) is 14.3 Å².